The summed E-state index contributed by atoms with van der Waals surface area (Å²) >= 11 is 0. The monoisotopic (exact) mass is 265 g/mol. The number of halogens is 2. The van der Waals surface area contributed by atoms with Gasteiger partial charge in [0, 0.05) is 23.4 Å². The lowest BCUT2D eigenvalue weighted by molar-refractivity contribution is -0.0285. The highest BCUT2D eigenvalue weighted by Crippen LogP contribution is 2.50. The first-order valence-electron chi connectivity index (χ1n) is 7.22. The molecular weight excluding hydrogens is 244 g/mol. The van der Waals surface area contributed by atoms with Crippen LogP contribution in [0.3, 0.4) is 0 Å². The number of nitrogens with one attached hydrogen (secondary N) is 1. The molecule has 0 saturated heterocycles. The maximum Gasteiger partial charge on any atom is 0.276 e. The molecule has 0 unspecified atom stereocenters. The molecule has 2 fully saturated rings. The average Bonchev–Trinajstić information content (AvgIpc) is 3.18. The van der Waals surface area contributed by atoms with Gasteiger partial charge in [-0.05, 0) is 38.3 Å². The number of hydrogen-bond donors (Lipinski definition) is 1. The Morgan fingerprint density at radius 2 is 1.84 bits per heavy atom. The average molecular weight is 265 g/mol. The van der Waals surface area contributed by atoms with Crippen LogP contribution in [-0.2, 0) is 11.3 Å². The topological polar surface area (TPSA) is 12.0 Å². The second kappa shape index (κ2) is 4.55. The summed E-state index contributed by atoms with van der Waals surface area (Å²) in [5.74, 6) is -3.05. The molecule has 0 bridgehead atoms. The van der Waals surface area contributed by atoms with E-state index in [1.807, 2.05) is 19.2 Å². The molecule has 0 aromatic heterocycles. The Labute approximate surface area is 113 Å². The zero-order valence-corrected chi connectivity index (χ0v) is 11.4. The first-order chi connectivity index (χ1) is 9.08. The second-order valence-corrected chi connectivity index (χ2v) is 6.14. The highest BCUT2D eigenvalue weighted by atomic mass is 19.3. The lowest BCUT2D eigenvalue weighted by atomic mass is 9.64. The summed E-state index contributed by atoms with van der Waals surface area (Å²) < 4.78 is 28.0. The standard InChI is InChI=1S/C16H21F2N/c1-19-11-15(9-2-10-15)12-3-5-13(6-4-12)16(17,18)14-7-8-14/h3-6,14,19H,2,7-11H2,1H3. The molecule has 0 heterocycles. The molecule has 0 spiro atoms. The van der Waals surface area contributed by atoms with Crippen molar-refractivity contribution in [3.8, 4) is 0 Å². The maximum atomic E-state index is 14.0. The molecular formula is C16H21F2N. The number of benzene rings is 1. The third-order valence-corrected chi connectivity index (χ3v) is 4.80. The van der Waals surface area contributed by atoms with Crippen molar-refractivity contribution in [2.45, 2.75) is 43.4 Å². The van der Waals surface area contributed by atoms with Gasteiger partial charge in [-0.3, -0.25) is 0 Å². The van der Waals surface area contributed by atoms with E-state index in [0.29, 0.717) is 12.8 Å². The van der Waals surface area contributed by atoms with Crippen LogP contribution in [0.1, 0.15) is 43.2 Å². The Morgan fingerprint density at radius 1 is 1.21 bits per heavy atom. The summed E-state index contributed by atoms with van der Waals surface area (Å²) in [5, 5.41) is 3.23. The van der Waals surface area contributed by atoms with Gasteiger partial charge in [-0.15, -0.1) is 0 Å². The van der Waals surface area contributed by atoms with Crippen LogP contribution in [-0.4, -0.2) is 13.6 Å². The summed E-state index contributed by atoms with van der Waals surface area (Å²) in [6.07, 6.45) is 4.89. The molecule has 0 aliphatic heterocycles. The van der Waals surface area contributed by atoms with Crippen molar-refractivity contribution in [1.82, 2.24) is 5.32 Å². The summed E-state index contributed by atoms with van der Waals surface area (Å²) in [5.41, 5.74) is 1.59. The zero-order chi connectivity index (χ0) is 13.5. The molecule has 2 aliphatic rings. The number of hydrogen-bond acceptors (Lipinski definition) is 1. The molecule has 2 aliphatic carbocycles. The van der Waals surface area contributed by atoms with Gasteiger partial charge in [0.1, 0.15) is 0 Å². The van der Waals surface area contributed by atoms with E-state index in [0.717, 1.165) is 19.4 Å². The van der Waals surface area contributed by atoms with Crippen molar-refractivity contribution in [2.75, 3.05) is 13.6 Å². The summed E-state index contributed by atoms with van der Waals surface area (Å²) in [6, 6.07) is 7.12. The van der Waals surface area contributed by atoms with Crippen molar-refractivity contribution in [3.05, 3.63) is 35.4 Å². The van der Waals surface area contributed by atoms with E-state index in [1.165, 1.54) is 12.0 Å². The normalized spacial score (nSPS) is 22.1. The molecule has 1 N–H and O–H groups in total. The first kappa shape index (κ1) is 13.0. The van der Waals surface area contributed by atoms with E-state index < -0.39 is 11.8 Å². The zero-order valence-electron chi connectivity index (χ0n) is 11.4. The fourth-order valence-electron chi connectivity index (χ4n) is 3.24. The van der Waals surface area contributed by atoms with Crippen LogP contribution in [0.15, 0.2) is 24.3 Å². The molecule has 0 atom stereocenters. The van der Waals surface area contributed by atoms with E-state index in [1.54, 1.807) is 12.1 Å². The van der Waals surface area contributed by atoms with Crippen LogP contribution in [0.5, 0.6) is 0 Å². The smallest absolute Gasteiger partial charge is 0.276 e. The van der Waals surface area contributed by atoms with Gasteiger partial charge in [0.2, 0.25) is 0 Å². The fourth-order valence-corrected chi connectivity index (χ4v) is 3.24. The Kier molecular flexibility index (Phi) is 3.12. The fraction of sp³-hybridized carbons (Fsp3) is 0.625. The number of alkyl halides is 2. The quantitative estimate of drug-likeness (QED) is 0.853. The second-order valence-electron chi connectivity index (χ2n) is 6.14. The SMILES string of the molecule is CNCC1(c2ccc(C(F)(F)C3CC3)cc2)CCC1. The third kappa shape index (κ3) is 2.18. The molecule has 3 rings (SSSR count). The van der Waals surface area contributed by atoms with Gasteiger partial charge in [-0.1, -0.05) is 30.7 Å². The molecule has 1 aromatic carbocycles. The Hall–Kier alpha value is -0.960. The Balaban J connectivity index is 1.82. The lowest BCUT2D eigenvalue weighted by Crippen LogP contribution is -2.42. The first-order valence-corrected chi connectivity index (χ1v) is 7.22. The lowest BCUT2D eigenvalue weighted by Gasteiger charge is -2.42. The molecule has 1 aromatic rings. The molecule has 0 radical (unpaired) electrons. The van der Waals surface area contributed by atoms with Crippen molar-refractivity contribution in [2.24, 2.45) is 5.92 Å². The van der Waals surface area contributed by atoms with Crippen LogP contribution in [0.4, 0.5) is 8.78 Å². The molecule has 0 amide bonds. The predicted molar refractivity (Wildman–Crippen MR) is 72.5 cm³/mol. The van der Waals surface area contributed by atoms with Crippen molar-refractivity contribution < 1.29 is 8.78 Å². The molecule has 1 nitrogen and oxygen atoms in total. The van der Waals surface area contributed by atoms with Crippen molar-refractivity contribution >= 4 is 0 Å². The summed E-state index contributed by atoms with van der Waals surface area (Å²) in [7, 11) is 1.95. The Morgan fingerprint density at radius 3 is 2.26 bits per heavy atom. The minimum absolute atomic E-state index is 0.183. The molecule has 2 saturated carbocycles. The third-order valence-electron chi connectivity index (χ3n) is 4.80. The van der Waals surface area contributed by atoms with Crippen LogP contribution in [0.25, 0.3) is 0 Å². The molecule has 3 heteroatoms. The highest BCUT2D eigenvalue weighted by molar-refractivity contribution is 5.34. The van der Waals surface area contributed by atoms with E-state index in [2.05, 4.69) is 5.32 Å². The minimum Gasteiger partial charge on any atom is -0.319 e. The maximum absolute atomic E-state index is 14.0. The minimum atomic E-state index is -2.63. The van der Waals surface area contributed by atoms with Crippen molar-refractivity contribution in [1.29, 1.82) is 0 Å². The van der Waals surface area contributed by atoms with E-state index >= 15 is 0 Å². The molecule has 104 valence electrons. The number of rotatable bonds is 5. The van der Waals surface area contributed by atoms with E-state index in [4.69, 9.17) is 0 Å². The van der Waals surface area contributed by atoms with Gasteiger partial charge in [0.15, 0.2) is 0 Å². The highest BCUT2D eigenvalue weighted by Gasteiger charge is 2.48. The van der Waals surface area contributed by atoms with Crippen LogP contribution < -0.4 is 5.32 Å². The van der Waals surface area contributed by atoms with Gasteiger partial charge in [-0.2, -0.15) is 0 Å². The van der Waals surface area contributed by atoms with Gasteiger partial charge in [0.25, 0.3) is 5.92 Å². The Bertz CT molecular complexity index is 444. The summed E-state index contributed by atoms with van der Waals surface area (Å²) in [6.45, 7) is 0.936. The van der Waals surface area contributed by atoms with Gasteiger partial charge >= 0.3 is 0 Å². The van der Waals surface area contributed by atoms with E-state index in [9.17, 15) is 8.78 Å². The molecule has 19 heavy (non-hydrogen) atoms. The predicted octanol–water partition coefficient (Wildman–Crippen LogP) is 3.83. The number of likely N-dealkylation sites (N-methyl/N-ethyl adjacent to an activating group) is 1. The summed E-state index contributed by atoms with van der Waals surface area (Å²) in [4.78, 5) is 0. The van der Waals surface area contributed by atoms with Gasteiger partial charge < -0.3 is 5.32 Å². The van der Waals surface area contributed by atoms with Crippen molar-refractivity contribution in [3.63, 3.8) is 0 Å². The van der Waals surface area contributed by atoms with E-state index in [-0.39, 0.29) is 11.0 Å². The van der Waals surface area contributed by atoms with Gasteiger partial charge in [-0.25, -0.2) is 8.78 Å². The van der Waals surface area contributed by atoms with Gasteiger partial charge in [0.05, 0.1) is 0 Å². The largest absolute Gasteiger partial charge is 0.319 e. The van der Waals surface area contributed by atoms with Crippen LogP contribution in [0, 0.1) is 5.92 Å². The van der Waals surface area contributed by atoms with Crippen LogP contribution >= 0.6 is 0 Å². The van der Waals surface area contributed by atoms with Crippen LogP contribution in [0.2, 0.25) is 0 Å².